The van der Waals surface area contributed by atoms with Crippen molar-refractivity contribution >= 4 is 17.7 Å². The average Bonchev–Trinajstić information content (AvgIpc) is 2.01. The Morgan fingerprint density at radius 1 is 1.62 bits per heavy atom. The molecule has 0 aromatic heterocycles. The van der Waals surface area contributed by atoms with Crippen LogP contribution in [0.5, 0.6) is 0 Å². The number of aliphatic hydroxyl groups is 1. The predicted molar refractivity (Wildman–Crippen MR) is 54.8 cm³/mol. The minimum Gasteiger partial charge on any atom is -0.395 e. The molecule has 0 unspecified atom stereocenters. The standard InChI is InChI=1S/C9H17NO2S/c1-13-7-9(12)10(5-6-11)8-3-2-4-8/h8,11H,2-7H2,1H3. The van der Waals surface area contributed by atoms with Crippen LogP contribution in [0.3, 0.4) is 0 Å². The van der Waals surface area contributed by atoms with Crippen LogP contribution in [0.1, 0.15) is 19.3 Å². The van der Waals surface area contributed by atoms with Crippen LogP contribution < -0.4 is 0 Å². The number of hydrogen-bond donors (Lipinski definition) is 1. The van der Waals surface area contributed by atoms with Crippen molar-refractivity contribution in [1.82, 2.24) is 4.90 Å². The summed E-state index contributed by atoms with van der Waals surface area (Å²) in [5, 5.41) is 8.82. The summed E-state index contributed by atoms with van der Waals surface area (Å²) in [5.74, 6) is 0.711. The topological polar surface area (TPSA) is 40.5 Å². The first-order valence-electron chi connectivity index (χ1n) is 4.69. The van der Waals surface area contributed by atoms with Crippen LogP contribution in [0.4, 0.5) is 0 Å². The van der Waals surface area contributed by atoms with E-state index in [0.717, 1.165) is 12.8 Å². The van der Waals surface area contributed by atoms with Crippen LogP contribution in [-0.2, 0) is 4.79 Å². The molecule has 76 valence electrons. The Balaban J connectivity index is 2.40. The molecule has 0 bridgehead atoms. The lowest BCUT2D eigenvalue weighted by Gasteiger charge is -2.37. The van der Waals surface area contributed by atoms with Crippen LogP contribution in [-0.4, -0.2) is 47.1 Å². The molecule has 0 spiro atoms. The maximum Gasteiger partial charge on any atom is 0.232 e. The minimum absolute atomic E-state index is 0.0800. The van der Waals surface area contributed by atoms with Gasteiger partial charge in [0.2, 0.25) is 5.91 Å². The molecule has 13 heavy (non-hydrogen) atoms. The van der Waals surface area contributed by atoms with Crippen molar-refractivity contribution in [3.8, 4) is 0 Å². The lowest BCUT2D eigenvalue weighted by atomic mass is 9.91. The van der Waals surface area contributed by atoms with Gasteiger partial charge in [-0.2, -0.15) is 11.8 Å². The molecule has 0 heterocycles. The van der Waals surface area contributed by atoms with Gasteiger partial charge >= 0.3 is 0 Å². The lowest BCUT2D eigenvalue weighted by molar-refractivity contribution is -0.132. The molecule has 1 rings (SSSR count). The van der Waals surface area contributed by atoms with Crippen LogP contribution in [0.15, 0.2) is 0 Å². The van der Waals surface area contributed by atoms with Crippen molar-refractivity contribution in [2.45, 2.75) is 25.3 Å². The van der Waals surface area contributed by atoms with Gasteiger partial charge in [-0.25, -0.2) is 0 Å². The molecule has 1 aliphatic rings. The highest BCUT2D eigenvalue weighted by Crippen LogP contribution is 2.24. The number of nitrogens with zero attached hydrogens (tertiary/aromatic N) is 1. The maximum absolute atomic E-state index is 11.6. The summed E-state index contributed by atoms with van der Waals surface area (Å²) in [6.07, 6.45) is 5.37. The Bertz CT molecular complexity index is 171. The minimum atomic E-state index is 0.0800. The van der Waals surface area contributed by atoms with Gasteiger partial charge in [0.25, 0.3) is 0 Å². The van der Waals surface area contributed by atoms with E-state index in [-0.39, 0.29) is 12.5 Å². The molecule has 0 aromatic carbocycles. The van der Waals surface area contributed by atoms with E-state index in [9.17, 15) is 4.79 Å². The number of carbonyl (C=O) groups is 1. The van der Waals surface area contributed by atoms with Crippen molar-refractivity contribution < 1.29 is 9.90 Å². The van der Waals surface area contributed by atoms with Crippen LogP contribution in [0, 0.1) is 0 Å². The number of amides is 1. The van der Waals surface area contributed by atoms with Gasteiger partial charge in [-0.3, -0.25) is 4.79 Å². The van der Waals surface area contributed by atoms with Gasteiger partial charge in [0.1, 0.15) is 0 Å². The molecule has 0 saturated heterocycles. The lowest BCUT2D eigenvalue weighted by Crippen LogP contribution is -2.46. The van der Waals surface area contributed by atoms with Crippen LogP contribution in [0.2, 0.25) is 0 Å². The molecule has 1 fully saturated rings. The fourth-order valence-electron chi connectivity index (χ4n) is 1.52. The van der Waals surface area contributed by atoms with E-state index in [1.165, 1.54) is 6.42 Å². The van der Waals surface area contributed by atoms with E-state index in [2.05, 4.69) is 0 Å². The number of rotatable bonds is 5. The first kappa shape index (κ1) is 10.9. The summed E-state index contributed by atoms with van der Waals surface area (Å²) in [6.45, 7) is 0.584. The normalized spacial score (nSPS) is 16.8. The molecular formula is C9H17NO2S. The zero-order chi connectivity index (χ0) is 9.68. The smallest absolute Gasteiger partial charge is 0.232 e. The Hall–Kier alpha value is -0.220. The second-order valence-electron chi connectivity index (χ2n) is 3.33. The first-order valence-corrected chi connectivity index (χ1v) is 6.08. The molecule has 3 nitrogen and oxygen atoms in total. The Labute approximate surface area is 83.5 Å². The summed E-state index contributed by atoms with van der Waals surface area (Å²) >= 11 is 1.54. The Kier molecular flexibility index (Phi) is 4.59. The third-order valence-electron chi connectivity index (χ3n) is 2.44. The van der Waals surface area contributed by atoms with Crippen molar-refractivity contribution in [2.75, 3.05) is 25.2 Å². The summed E-state index contributed by atoms with van der Waals surface area (Å²) in [5.41, 5.74) is 0. The van der Waals surface area contributed by atoms with E-state index in [1.54, 1.807) is 11.8 Å². The highest BCUT2D eigenvalue weighted by Gasteiger charge is 2.27. The van der Waals surface area contributed by atoms with Crippen LogP contribution >= 0.6 is 11.8 Å². The van der Waals surface area contributed by atoms with Crippen molar-refractivity contribution in [3.63, 3.8) is 0 Å². The number of aliphatic hydroxyl groups excluding tert-OH is 1. The fourth-order valence-corrected chi connectivity index (χ4v) is 1.94. The van der Waals surface area contributed by atoms with Gasteiger partial charge in [0.05, 0.1) is 12.4 Å². The largest absolute Gasteiger partial charge is 0.395 e. The highest BCUT2D eigenvalue weighted by molar-refractivity contribution is 7.99. The molecule has 0 radical (unpaired) electrons. The van der Waals surface area contributed by atoms with Gasteiger partial charge in [-0.05, 0) is 25.5 Å². The highest BCUT2D eigenvalue weighted by atomic mass is 32.2. The van der Waals surface area contributed by atoms with Gasteiger partial charge in [-0.1, -0.05) is 0 Å². The number of thioether (sulfide) groups is 1. The molecule has 1 saturated carbocycles. The second-order valence-corrected chi connectivity index (χ2v) is 4.19. The van der Waals surface area contributed by atoms with E-state index in [1.807, 2.05) is 11.2 Å². The molecule has 0 aliphatic heterocycles. The Morgan fingerprint density at radius 3 is 2.69 bits per heavy atom. The fraction of sp³-hybridized carbons (Fsp3) is 0.889. The Morgan fingerprint density at radius 2 is 2.31 bits per heavy atom. The van der Waals surface area contributed by atoms with E-state index < -0.39 is 0 Å². The van der Waals surface area contributed by atoms with Crippen LogP contribution in [0.25, 0.3) is 0 Å². The molecule has 0 atom stereocenters. The number of hydrogen-bond acceptors (Lipinski definition) is 3. The van der Waals surface area contributed by atoms with E-state index >= 15 is 0 Å². The van der Waals surface area contributed by atoms with Gasteiger partial charge in [-0.15, -0.1) is 0 Å². The second kappa shape index (κ2) is 5.50. The summed E-state index contributed by atoms with van der Waals surface area (Å²) in [6, 6.07) is 0.409. The summed E-state index contributed by atoms with van der Waals surface area (Å²) in [7, 11) is 0. The summed E-state index contributed by atoms with van der Waals surface area (Å²) in [4.78, 5) is 13.4. The summed E-state index contributed by atoms with van der Waals surface area (Å²) < 4.78 is 0. The molecule has 1 amide bonds. The van der Waals surface area contributed by atoms with E-state index in [4.69, 9.17) is 5.11 Å². The molecular weight excluding hydrogens is 186 g/mol. The third kappa shape index (κ3) is 2.88. The molecule has 4 heteroatoms. The molecule has 1 N–H and O–H groups in total. The first-order chi connectivity index (χ1) is 6.29. The number of carbonyl (C=O) groups excluding carboxylic acids is 1. The van der Waals surface area contributed by atoms with Crippen molar-refractivity contribution in [1.29, 1.82) is 0 Å². The SMILES string of the molecule is CSCC(=O)N(CCO)C1CCC1. The maximum atomic E-state index is 11.6. The zero-order valence-electron chi connectivity index (χ0n) is 8.03. The van der Waals surface area contributed by atoms with Crippen molar-refractivity contribution in [2.24, 2.45) is 0 Å². The predicted octanol–water partition coefficient (Wildman–Crippen LogP) is 0.723. The van der Waals surface area contributed by atoms with Gasteiger partial charge in [0.15, 0.2) is 0 Å². The third-order valence-corrected chi connectivity index (χ3v) is 2.98. The quantitative estimate of drug-likeness (QED) is 0.716. The monoisotopic (exact) mass is 203 g/mol. The van der Waals surface area contributed by atoms with Gasteiger partial charge < -0.3 is 10.0 Å². The van der Waals surface area contributed by atoms with E-state index in [0.29, 0.717) is 18.3 Å². The molecule has 0 aromatic rings. The molecule has 1 aliphatic carbocycles. The zero-order valence-corrected chi connectivity index (χ0v) is 8.85. The van der Waals surface area contributed by atoms with Crippen molar-refractivity contribution in [3.05, 3.63) is 0 Å². The van der Waals surface area contributed by atoms with Gasteiger partial charge in [0, 0.05) is 12.6 Å². The average molecular weight is 203 g/mol.